The molecule has 0 aliphatic rings. The highest BCUT2D eigenvalue weighted by atomic mass is 16.1. The lowest BCUT2D eigenvalue weighted by Crippen LogP contribution is -2.21. The number of anilines is 1. The molecule has 18 heavy (non-hydrogen) atoms. The van der Waals surface area contributed by atoms with Crippen LogP contribution in [-0.2, 0) is 4.79 Å². The van der Waals surface area contributed by atoms with Crippen LogP contribution in [0.3, 0.4) is 0 Å². The highest BCUT2D eigenvalue weighted by molar-refractivity contribution is 5.89. The van der Waals surface area contributed by atoms with E-state index < -0.39 is 0 Å². The Balaban J connectivity index is 2.20. The zero-order chi connectivity index (χ0) is 13.0. The van der Waals surface area contributed by atoms with Crippen molar-refractivity contribution >= 4 is 22.5 Å². The molecule has 0 radical (unpaired) electrons. The highest BCUT2D eigenvalue weighted by Crippen LogP contribution is 2.17. The van der Waals surface area contributed by atoms with Crippen LogP contribution in [-0.4, -0.2) is 15.8 Å². The molecular formula is C13H14N4O. The van der Waals surface area contributed by atoms with E-state index in [9.17, 15) is 4.79 Å². The maximum Gasteiger partial charge on any atom is 0.155 e. The number of para-hydroxylation sites is 1. The number of nitrogens with one attached hydrogen (secondary N) is 2. The number of rotatable bonds is 4. The van der Waals surface area contributed by atoms with Gasteiger partial charge in [0.2, 0.25) is 0 Å². The second-order valence-corrected chi connectivity index (χ2v) is 3.93. The first-order chi connectivity index (χ1) is 8.66. The van der Waals surface area contributed by atoms with Crippen LogP contribution in [0.25, 0.3) is 10.9 Å². The van der Waals surface area contributed by atoms with Gasteiger partial charge in [0.25, 0.3) is 0 Å². The maximum absolute atomic E-state index is 10.9. The summed E-state index contributed by atoms with van der Waals surface area (Å²) in [7, 11) is 0. The molecule has 0 bridgehead atoms. The molecule has 0 saturated heterocycles. The van der Waals surface area contributed by atoms with Crippen molar-refractivity contribution in [2.75, 3.05) is 5.43 Å². The largest absolute Gasteiger partial charge is 0.304 e. The molecule has 2 aromatic rings. The van der Waals surface area contributed by atoms with Crippen LogP contribution < -0.4 is 10.9 Å². The first kappa shape index (κ1) is 12.0. The van der Waals surface area contributed by atoms with Gasteiger partial charge in [-0.1, -0.05) is 12.1 Å². The Labute approximate surface area is 105 Å². The second-order valence-electron chi connectivity index (χ2n) is 3.93. The third kappa shape index (κ3) is 2.82. The molecule has 0 spiro atoms. The van der Waals surface area contributed by atoms with Crippen molar-refractivity contribution in [1.29, 1.82) is 0 Å². The number of carbonyl (C=O) groups is 1. The Morgan fingerprint density at radius 2 is 2.00 bits per heavy atom. The first-order valence-corrected chi connectivity index (χ1v) is 5.57. The van der Waals surface area contributed by atoms with Crippen LogP contribution in [0, 0.1) is 0 Å². The number of nitrogens with zero attached hydrogens (tertiary/aromatic N) is 2. The molecule has 0 unspecified atom stereocenters. The van der Waals surface area contributed by atoms with Crippen molar-refractivity contribution in [3.63, 3.8) is 0 Å². The normalized spacial score (nSPS) is 11.3. The molecule has 5 nitrogen and oxygen atoms in total. The number of carbonyl (C=O) groups excluding carboxylic acids is 1. The SMILES string of the molecule is CC(=O)/C=C(\C)NNc1ncnc2ccccc12. The molecule has 0 fully saturated rings. The van der Waals surface area contributed by atoms with Crippen molar-refractivity contribution in [3.05, 3.63) is 42.4 Å². The molecule has 0 aliphatic carbocycles. The van der Waals surface area contributed by atoms with Crippen molar-refractivity contribution < 1.29 is 4.79 Å². The van der Waals surface area contributed by atoms with Crippen molar-refractivity contribution in [2.24, 2.45) is 0 Å². The number of benzene rings is 1. The molecule has 0 atom stereocenters. The molecule has 5 heteroatoms. The molecular weight excluding hydrogens is 228 g/mol. The molecule has 1 aromatic carbocycles. The van der Waals surface area contributed by atoms with E-state index in [4.69, 9.17) is 0 Å². The van der Waals surface area contributed by atoms with E-state index >= 15 is 0 Å². The first-order valence-electron chi connectivity index (χ1n) is 5.57. The predicted octanol–water partition coefficient (Wildman–Crippen LogP) is 2.04. The summed E-state index contributed by atoms with van der Waals surface area (Å²) in [5.41, 5.74) is 7.49. The fraction of sp³-hybridized carbons (Fsp3) is 0.154. The van der Waals surface area contributed by atoms with Crippen LogP contribution in [0.15, 0.2) is 42.4 Å². The lowest BCUT2D eigenvalue weighted by atomic mass is 10.2. The summed E-state index contributed by atoms with van der Waals surface area (Å²) >= 11 is 0. The van der Waals surface area contributed by atoms with Gasteiger partial charge in [0.1, 0.15) is 6.33 Å². The third-order valence-electron chi connectivity index (χ3n) is 2.34. The molecule has 1 aromatic heterocycles. The summed E-state index contributed by atoms with van der Waals surface area (Å²) in [6.45, 7) is 3.31. The van der Waals surface area contributed by atoms with Crippen LogP contribution in [0.1, 0.15) is 13.8 Å². The van der Waals surface area contributed by atoms with Gasteiger partial charge >= 0.3 is 0 Å². The van der Waals surface area contributed by atoms with Crippen molar-refractivity contribution in [3.8, 4) is 0 Å². The lowest BCUT2D eigenvalue weighted by Gasteiger charge is -2.10. The van der Waals surface area contributed by atoms with E-state index in [2.05, 4.69) is 20.8 Å². The summed E-state index contributed by atoms with van der Waals surface area (Å²) in [5.74, 6) is 0.672. The predicted molar refractivity (Wildman–Crippen MR) is 70.7 cm³/mol. The van der Waals surface area contributed by atoms with Crippen LogP contribution in [0.4, 0.5) is 5.82 Å². The molecule has 2 N–H and O–H groups in total. The zero-order valence-corrected chi connectivity index (χ0v) is 10.3. The Bertz CT molecular complexity index is 601. The average Bonchev–Trinajstić information content (AvgIpc) is 2.35. The minimum absolute atomic E-state index is 0.00524. The van der Waals surface area contributed by atoms with Crippen LogP contribution in [0.5, 0.6) is 0 Å². The maximum atomic E-state index is 10.9. The Morgan fingerprint density at radius 1 is 1.22 bits per heavy atom. The molecule has 0 aliphatic heterocycles. The highest BCUT2D eigenvalue weighted by Gasteiger charge is 2.01. The number of hydrogen-bond acceptors (Lipinski definition) is 5. The van der Waals surface area contributed by atoms with Gasteiger partial charge in [0.15, 0.2) is 11.6 Å². The Morgan fingerprint density at radius 3 is 2.78 bits per heavy atom. The van der Waals surface area contributed by atoms with Gasteiger partial charge in [-0.05, 0) is 26.0 Å². The quantitative estimate of drug-likeness (QED) is 0.634. The molecule has 92 valence electrons. The zero-order valence-electron chi connectivity index (χ0n) is 10.3. The Kier molecular flexibility index (Phi) is 3.52. The summed E-state index contributed by atoms with van der Waals surface area (Å²) in [5, 5.41) is 0.920. The number of ketones is 1. The topological polar surface area (TPSA) is 66.9 Å². The molecule has 2 rings (SSSR count). The van der Waals surface area contributed by atoms with E-state index in [1.165, 1.54) is 19.3 Å². The second kappa shape index (κ2) is 5.27. The summed E-state index contributed by atoms with van der Waals surface area (Å²) in [6, 6.07) is 7.70. The van der Waals surface area contributed by atoms with Crippen molar-refractivity contribution in [2.45, 2.75) is 13.8 Å². The fourth-order valence-electron chi connectivity index (χ4n) is 1.60. The summed E-state index contributed by atoms with van der Waals surface area (Å²) < 4.78 is 0. The van der Waals surface area contributed by atoms with E-state index in [1.54, 1.807) is 6.92 Å². The van der Waals surface area contributed by atoms with Gasteiger partial charge in [-0.25, -0.2) is 9.97 Å². The van der Waals surface area contributed by atoms with Crippen LogP contribution in [0.2, 0.25) is 0 Å². The number of fused-ring (bicyclic) bond motifs is 1. The van der Waals surface area contributed by atoms with Gasteiger partial charge in [0, 0.05) is 17.2 Å². The average molecular weight is 242 g/mol. The van der Waals surface area contributed by atoms with Gasteiger partial charge in [-0.15, -0.1) is 0 Å². The van der Waals surface area contributed by atoms with Gasteiger partial charge < -0.3 is 5.43 Å². The van der Waals surface area contributed by atoms with Crippen molar-refractivity contribution in [1.82, 2.24) is 15.4 Å². The number of hydrazine groups is 1. The third-order valence-corrected chi connectivity index (χ3v) is 2.34. The molecule has 0 amide bonds. The fourth-order valence-corrected chi connectivity index (χ4v) is 1.60. The lowest BCUT2D eigenvalue weighted by molar-refractivity contribution is -0.112. The Hall–Kier alpha value is -2.43. The van der Waals surface area contributed by atoms with E-state index in [-0.39, 0.29) is 5.78 Å². The van der Waals surface area contributed by atoms with Gasteiger partial charge in [-0.2, -0.15) is 0 Å². The molecule has 0 saturated carbocycles. The van der Waals surface area contributed by atoms with E-state index in [0.717, 1.165) is 16.6 Å². The minimum atomic E-state index is -0.00524. The number of allylic oxidation sites excluding steroid dienone is 2. The standard InChI is InChI=1S/C13H14N4O/c1-9(7-10(2)18)16-17-13-11-5-3-4-6-12(11)14-8-15-13/h3-8,16H,1-2H3,(H,14,15,17)/b9-7+. The number of aromatic nitrogens is 2. The monoisotopic (exact) mass is 242 g/mol. The minimum Gasteiger partial charge on any atom is -0.304 e. The van der Waals surface area contributed by atoms with Gasteiger partial charge in [0.05, 0.1) is 5.52 Å². The molecule has 1 heterocycles. The summed E-state index contributed by atoms with van der Waals surface area (Å²) in [4.78, 5) is 19.2. The number of hydrogen-bond donors (Lipinski definition) is 2. The van der Waals surface area contributed by atoms with E-state index in [1.807, 2.05) is 24.3 Å². The van der Waals surface area contributed by atoms with Gasteiger partial charge in [-0.3, -0.25) is 10.2 Å². The van der Waals surface area contributed by atoms with E-state index in [0.29, 0.717) is 5.82 Å². The van der Waals surface area contributed by atoms with Crippen LogP contribution >= 0.6 is 0 Å². The smallest absolute Gasteiger partial charge is 0.155 e. The summed E-state index contributed by atoms with van der Waals surface area (Å²) in [6.07, 6.45) is 3.01.